The zero-order chi connectivity index (χ0) is 15.9. The van der Waals surface area contributed by atoms with E-state index in [1.807, 2.05) is 37.3 Å². The molecule has 1 amide bonds. The number of nitrogens with zero attached hydrogens (tertiary/aromatic N) is 1. The van der Waals surface area contributed by atoms with Crippen LogP contribution in [0.4, 0.5) is 4.79 Å². The zero-order valence-corrected chi connectivity index (χ0v) is 14.1. The van der Waals surface area contributed by atoms with Crippen LogP contribution < -0.4 is 0 Å². The fourth-order valence-electron chi connectivity index (χ4n) is 2.56. The molecule has 1 aliphatic heterocycles. The zero-order valence-electron chi connectivity index (χ0n) is 12.5. The van der Waals surface area contributed by atoms with Crippen molar-refractivity contribution >= 4 is 27.8 Å². The lowest BCUT2D eigenvalue weighted by atomic mass is 9.98. The summed E-state index contributed by atoms with van der Waals surface area (Å²) in [4.78, 5) is 25.8. The van der Waals surface area contributed by atoms with Crippen LogP contribution in [0.1, 0.15) is 12.5 Å². The molecule has 1 aromatic rings. The van der Waals surface area contributed by atoms with Crippen LogP contribution in [0.2, 0.25) is 0 Å². The molecule has 0 radical (unpaired) electrons. The van der Waals surface area contributed by atoms with Crippen molar-refractivity contribution in [2.24, 2.45) is 5.92 Å². The van der Waals surface area contributed by atoms with Crippen molar-refractivity contribution in [3.63, 3.8) is 0 Å². The predicted molar refractivity (Wildman–Crippen MR) is 85.9 cm³/mol. The number of carbonyl (C=O) groups is 2. The number of Topliss-reactive ketones (excluding diaryl/α,β-unsaturated/α-hetero) is 1. The topological polar surface area (TPSA) is 55.8 Å². The van der Waals surface area contributed by atoms with E-state index >= 15 is 0 Å². The number of rotatable bonds is 6. The van der Waals surface area contributed by atoms with Gasteiger partial charge in [0.25, 0.3) is 0 Å². The molecular formula is C16H20BrNO4. The van der Waals surface area contributed by atoms with Crippen molar-refractivity contribution in [1.29, 1.82) is 0 Å². The Morgan fingerprint density at radius 2 is 2.05 bits per heavy atom. The van der Waals surface area contributed by atoms with E-state index in [0.717, 1.165) is 5.56 Å². The first-order valence-corrected chi connectivity index (χ1v) is 8.43. The van der Waals surface area contributed by atoms with Gasteiger partial charge >= 0.3 is 6.09 Å². The highest BCUT2D eigenvalue weighted by molar-refractivity contribution is 9.09. The summed E-state index contributed by atoms with van der Waals surface area (Å²) in [5.74, 6) is -0.236. The number of likely N-dealkylation sites (N-methyl/N-ethyl adjacent to an activating group) is 1. The Kier molecular flexibility index (Phi) is 6.39. The maximum Gasteiger partial charge on any atom is 0.410 e. The molecule has 5 nitrogen and oxygen atoms in total. The molecule has 2 rings (SSSR count). The van der Waals surface area contributed by atoms with Gasteiger partial charge in [-0.05, 0) is 12.5 Å². The van der Waals surface area contributed by atoms with E-state index in [1.54, 1.807) is 4.90 Å². The number of ether oxygens (including phenoxy) is 2. The first-order valence-electron chi connectivity index (χ1n) is 7.31. The average molecular weight is 370 g/mol. The number of ketones is 1. The van der Waals surface area contributed by atoms with Crippen LogP contribution in [-0.2, 0) is 20.9 Å². The molecule has 6 heteroatoms. The Balaban J connectivity index is 1.98. The molecule has 2 atom stereocenters. The Labute approximate surface area is 138 Å². The smallest absolute Gasteiger partial charge is 0.410 e. The normalized spacial score (nSPS) is 20.6. The van der Waals surface area contributed by atoms with E-state index in [9.17, 15) is 9.59 Å². The van der Waals surface area contributed by atoms with Gasteiger partial charge in [0, 0.05) is 6.54 Å². The number of halogens is 1. The van der Waals surface area contributed by atoms with Gasteiger partial charge < -0.3 is 14.4 Å². The van der Waals surface area contributed by atoms with Crippen LogP contribution >= 0.6 is 15.9 Å². The van der Waals surface area contributed by atoms with Gasteiger partial charge in [-0.2, -0.15) is 0 Å². The predicted octanol–water partition coefficient (Wildman–Crippen LogP) is 2.62. The van der Waals surface area contributed by atoms with Gasteiger partial charge in [-0.1, -0.05) is 46.3 Å². The third kappa shape index (κ3) is 4.08. The average Bonchev–Trinajstić information content (AvgIpc) is 3.03. The molecule has 1 aromatic carbocycles. The standard InChI is InChI=1S/C16H20BrNO4/c1-2-18(14-11-21-10-13(14)15(19)8-17)16(20)22-9-12-6-4-3-5-7-12/h3-7,13-14H,2,8-11H2,1H3. The number of benzene rings is 1. The van der Waals surface area contributed by atoms with Gasteiger partial charge in [0.05, 0.1) is 30.5 Å². The second kappa shape index (κ2) is 8.29. The molecule has 1 fully saturated rings. The second-order valence-electron chi connectivity index (χ2n) is 5.14. The summed E-state index contributed by atoms with van der Waals surface area (Å²) in [5, 5.41) is 0.272. The lowest BCUT2D eigenvalue weighted by molar-refractivity contribution is -0.121. The van der Waals surface area contributed by atoms with Gasteiger partial charge in [0.15, 0.2) is 5.78 Å². The summed E-state index contributed by atoms with van der Waals surface area (Å²) in [7, 11) is 0. The fourth-order valence-corrected chi connectivity index (χ4v) is 2.97. The number of alkyl halides is 1. The van der Waals surface area contributed by atoms with E-state index in [-0.39, 0.29) is 29.7 Å². The molecule has 1 heterocycles. The number of carbonyl (C=O) groups excluding carboxylic acids is 2. The van der Waals surface area contributed by atoms with E-state index in [0.29, 0.717) is 19.8 Å². The van der Waals surface area contributed by atoms with Gasteiger partial charge in [-0.25, -0.2) is 4.79 Å². The van der Waals surface area contributed by atoms with Crippen molar-refractivity contribution in [3.8, 4) is 0 Å². The summed E-state index contributed by atoms with van der Waals surface area (Å²) < 4.78 is 10.8. The minimum atomic E-state index is -0.408. The molecular weight excluding hydrogens is 350 g/mol. The minimum Gasteiger partial charge on any atom is -0.445 e. The summed E-state index contributed by atoms with van der Waals surface area (Å²) in [5.41, 5.74) is 0.933. The molecule has 2 unspecified atom stereocenters. The SMILES string of the molecule is CCN(C(=O)OCc1ccccc1)C1COCC1C(=O)CBr. The molecule has 1 saturated heterocycles. The Morgan fingerprint density at radius 3 is 2.68 bits per heavy atom. The number of hydrogen-bond donors (Lipinski definition) is 0. The molecule has 0 saturated carbocycles. The van der Waals surface area contributed by atoms with E-state index < -0.39 is 6.09 Å². The van der Waals surface area contributed by atoms with Crippen molar-refractivity contribution in [2.75, 3.05) is 25.1 Å². The lowest BCUT2D eigenvalue weighted by Gasteiger charge is -2.29. The maximum atomic E-state index is 12.3. The highest BCUT2D eigenvalue weighted by Crippen LogP contribution is 2.22. The Bertz CT molecular complexity index is 508. The third-order valence-corrected chi connectivity index (χ3v) is 4.33. The van der Waals surface area contributed by atoms with Crippen LogP contribution in [0, 0.1) is 5.92 Å². The van der Waals surface area contributed by atoms with Crippen LogP contribution in [0.25, 0.3) is 0 Å². The van der Waals surface area contributed by atoms with Crippen molar-refractivity contribution < 1.29 is 19.1 Å². The summed E-state index contributed by atoms with van der Waals surface area (Å²) >= 11 is 3.18. The van der Waals surface area contributed by atoms with Gasteiger partial charge in [0.1, 0.15) is 6.61 Å². The molecule has 0 spiro atoms. The highest BCUT2D eigenvalue weighted by Gasteiger charge is 2.39. The molecule has 0 N–H and O–H groups in total. The molecule has 120 valence electrons. The molecule has 0 aromatic heterocycles. The fraction of sp³-hybridized carbons (Fsp3) is 0.500. The van der Waals surface area contributed by atoms with E-state index in [1.165, 1.54) is 0 Å². The van der Waals surface area contributed by atoms with Crippen molar-refractivity contribution in [2.45, 2.75) is 19.6 Å². The van der Waals surface area contributed by atoms with Gasteiger partial charge in [-0.15, -0.1) is 0 Å². The number of hydrogen-bond acceptors (Lipinski definition) is 4. The van der Waals surface area contributed by atoms with E-state index in [2.05, 4.69) is 15.9 Å². The summed E-state index contributed by atoms with van der Waals surface area (Å²) in [6.07, 6.45) is -0.408. The molecule has 22 heavy (non-hydrogen) atoms. The quantitative estimate of drug-likeness (QED) is 0.723. The van der Waals surface area contributed by atoms with Crippen LogP contribution in [0.3, 0.4) is 0 Å². The monoisotopic (exact) mass is 369 g/mol. The Hall–Kier alpha value is -1.40. The minimum absolute atomic E-state index is 0.0526. The largest absolute Gasteiger partial charge is 0.445 e. The van der Waals surface area contributed by atoms with Crippen LogP contribution in [0.5, 0.6) is 0 Å². The van der Waals surface area contributed by atoms with E-state index in [4.69, 9.17) is 9.47 Å². The molecule has 0 aliphatic carbocycles. The molecule has 1 aliphatic rings. The second-order valence-corrected chi connectivity index (χ2v) is 5.70. The first kappa shape index (κ1) is 17.0. The highest BCUT2D eigenvalue weighted by atomic mass is 79.9. The summed E-state index contributed by atoms with van der Waals surface area (Å²) in [6.45, 7) is 3.31. The lowest BCUT2D eigenvalue weighted by Crippen LogP contribution is -2.46. The van der Waals surface area contributed by atoms with Gasteiger partial charge in [0.2, 0.25) is 0 Å². The van der Waals surface area contributed by atoms with Crippen molar-refractivity contribution in [1.82, 2.24) is 4.90 Å². The van der Waals surface area contributed by atoms with Gasteiger partial charge in [-0.3, -0.25) is 4.79 Å². The summed E-state index contributed by atoms with van der Waals surface area (Å²) in [6, 6.07) is 9.26. The van der Waals surface area contributed by atoms with Crippen LogP contribution in [0.15, 0.2) is 30.3 Å². The Morgan fingerprint density at radius 1 is 1.32 bits per heavy atom. The number of amides is 1. The first-order chi connectivity index (χ1) is 10.7. The van der Waals surface area contributed by atoms with Crippen molar-refractivity contribution in [3.05, 3.63) is 35.9 Å². The third-order valence-electron chi connectivity index (χ3n) is 3.78. The van der Waals surface area contributed by atoms with Crippen LogP contribution in [-0.4, -0.2) is 47.9 Å². The maximum absolute atomic E-state index is 12.3. The molecule has 0 bridgehead atoms.